The first-order chi connectivity index (χ1) is 10.5. The summed E-state index contributed by atoms with van der Waals surface area (Å²) in [5.41, 5.74) is 1.88. The predicted molar refractivity (Wildman–Crippen MR) is 88.1 cm³/mol. The van der Waals surface area contributed by atoms with Gasteiger partial charge in [-0.3, -0.25) is 9.59 Å². The molecule has 4 heteroatoms. The summed E-state index contributed by atoms with van der Waals surface area (Å²) in [5, 5.41) is 2.81. The number of hydrogen-bond donors (Lipinski definition) is 1. The molecular formula is C18H27NO3. The van der Waals surface area contributed by atoms with Gasteiger partial charge >= 0.3 is 0 Å². The molecule has 122 valence electrons. The molecule has 1 rings (SSSR count). The Balaban J connectivity index is 2.21. The van der Waals surface area contributed by atoms with Crippen LogP contribution in [0.3, 0.4) is 0 Å². The third kappa shape index (κ3) is 7.36. The molecule has 0 saturated carbocycles. The highest BCUT2D eigenvalue weighted by atomic mass is 16.5. The molecule has 0 atom stereocenters. The summed E-state index contributed by atoms with van der Waals surface area (Å²) in [5.74, 6) is -0.0657. The first kappa shape index (κ1) is 18.4. The summed E-state index contributed by atoms with van der Waals surface area (Å²) >= 11 is 0. The molecule has 0 saturated heterocycles. The maximum atomic E-state index is 12.0. The number of rotatable bonds is 10. The van der Waals surface area contributed by atoms with Crippen molar-refractivity contribution in [2.24, 2.45) is 0 Å². The standard InChI is InChI=1S/C18H27NO3/c1-4-15-6-8-16(9-7-15)17(20)10-11-18(21)19-12-5-13-22-14(2)3/h6-9,14H,4-5,10-13H2,1-3H3,(H,19,21). The molecule has 0 radical (unpaired) electrons. The molecule has 0 unspecified atom stereocenters. The van der Waals surface area contributed by atoms with E-state index < -0.39 is 0 Å². The number of ketones is 1. The summed E-state index contributed by atoms with van der Waals surface area (Å²) in [6.07, 6.45) is 2.44. The molecule has 0 bridgehead atoms. The molecular weight excluding hydrogens is 278 g/mol. The van der Waals surface area contributed by atoms with Crippen LogP contribution in [0.2, 0.25) is 0 Å². The zero-order valence-electron chi connectivity index (χ0n) is 13.9. The van der Waals surface area contributed by atoms with Crippen LogP contribution < -0.4 is 5.32 Å². The number of nitrogens with one attached hydrogen (secondary N) is 1. The molecule has 1 N–H and O–H groups in total. The summed E-state index contributed by atoms with van der Waals surface area (Å²) in [6.45, 7) is 7.27. The number of carbonyl (C=O) groups excluding carboxylic acids is 2. The van der Waals surface area contributed by atoms with E-state index in [9.17, 15) is 9.59 Å². The zero-order valence-corrected chi connectivity index (χ0v) is 13.9. The van der Waals surface area contributed by atoms with Crippen molar-refractivity contribution >= 4 is 11.7 Å². The fourth-order valence-corrected chi connectivity index (χ4v) is 2.01. The highest BCUT2D eigenvalue weighted by molar-refractivity contribution is 5.97. The van der Waals surface area contributed by atoms with Crippen LogP contribution in [-0.2, 0) is 16.0 Å². The van der Waals surface area contributed by atoms with Gasteiger partial charge in [0, 0.05) is 31.6 Å². The molecule has 0 aliphatic carbocycles. The van der Waals surface area contributed by atoms with E-state index in [0.29, 0.717) is 18.7 Å². The summed E-state index contributed by atoms with van der Waals surface area (Å²) in [7, 11) is 0. The van der Waals surface area contributed by atoms with Gasteiger partial charge in [-0.1, -0.05) is 31.2 Å². The topological polar surface area (TPSA) is 55.4 Å². The largest absolute Gasteiger partial charge is 0.379 e. The van der Waals surface area contributed by atoms with Crippen molar-refractivity contribution in [3.63, 3.8) is 0 Å². The number of aryl methyl sites for hydroxylation is 1. The van der Waals surface area contributed by atoms with Crippen molar-refractivity contribution in [2.45, 2.75) is 52.6 Å². The quantitative estimate of drug-likeness (QED) is 0.534. The van der Waals surface area contributed by atoms with Gasteiger partial charge in [-0.05, 0) is 32.3 Å². The lowest BCUT2D eigenvalue weighted by Gasteiger charge is -2.08. The Labute approximate surface area is 133 Å². The van der Waals surface area contributed by atoms with E-state index in [4.69, 9.17) is 4.74 Å². The number of amides is 1. The minimum Gasteiger partial charge on any atom is -0.379 e. The normalized spacial score (nSPS) is 10.7. The van der Waals surface area contributed by atoms with Gasteiger partial charge in [0.15, 0.2) is 5.78 Å². The third-order valence-corrected chi connectivity index (χ3v) is 3.36. The SMILES string of the molecule is CCc1ccc(C(=O)CCC(=O)NCCCOC(C)C)cc1. The van der Waals surface area contributed by atoms with Gasteiger partial charge in [-0.25, -0.2) is 0 Å². The molecule has 1 aromatic rings. The van der Waals surface area contributed by atoms with E-state index in [2.05, 4.69) is 12.2 Å². The molecule has 1 aromatic carbocycles. The van der Waals surface area contributed by atoms with E-state index >= 15 is 0 Å². The fraction of sp³-hybridized carbons (Fsp3) is 0.556. The number of ether oxygens (including phenoxy) is 1. The Hall–Kier alpha value is -1.68. The van der Waals surface area contributed by atoms with Crippen LogP contribution in [-0.4, -0.2) is 30.9 Å². The van der Waals surface area contributed by atoms with E-state index in [1.54, 1.807) is 0 Å². The van der Waals surface area contributed by atoms with E-state index in [0.717, 1.165) is 12.8 Å². The highest BCUT2D eigenvalue weighted by Crippen LogP contribution is 2.08. The molecule has 0 aromatic heterocycles. The van der Waals surface area contributed by atoms with Crippen molar-refractivity contribution in [3.05, 3.63) is 35.4 Å². The van der Waals surface area contributed by atoms with Gasteiger partial charge in [-0.15, -0.1) is 0 Å². The van der Waals surface area contributed by atoms with Crippen LogP contribution in [0.1, 0.15) is 56.0 Å². The van der Waals surface area contributed by atoms with Crippen LogP contribution in [0.15, 0.2) is 24.3 Å². The molecule has 0 fully saturated rings. The van der Waals surface area contributed by atoms with Crippen LogP contribution in [0.25, 0.3) is 0 Å². The molecule has 22 heavy (non-hydrogen) atoms. The molecule has 0 aliphatic rings. The fourth-order valence-electron chi connectivity index (χ4n) is 2.01. The minimum absolute atomic E-state index is 0.0148. The second-order valence-corrected chi connectivity index (χ2v) is 5.60. The van der Waals surface area contributed by atoms with E-state index in [1.165, 1.54) is 5.56 Å². The first-order valence-corrected chi connectivity index (χ1v) is 8.03. The van der Waals surface area contributed by atoms with Crippen molar-refractivity contribution < 1.29 is 14.3 Å². The smallest absolute Gasteiger partial charge is 0.220 e. The Morgan fingerprint density at radius 2 is 1.82 bits per heavy atom. The lowest BCUT2D eigenvalue weighted by molar-refractivity contribution is -0.121. The van der Waals surface area contributed by atoms with Gasteiger partial charge in [-0.2, -0.15) is 0 Å². The Bertz CT molecular complexity index is 466. The summed E-state index contributed by atoms with van der Waals surface area (Å²) < 4.78 is 5.39. The van der Waals surface area contributed by atoms with Crippen molar-refractivity contribution in [1.29, 1.82) is 0 Å². The van der Waals surface area contributed by atoms with Gasteiger partial charge in [0.1, 0.15) is 0 Å². The van der Waals surface area contributed by atoms with Crippen LogP contribution in [0.4, 0.5) is 0 Å². The highest BCUT2D eigenvalue weighted by Gasteiger charge is 2.09. The van der Waals surface area contributed by atoms with Crippen molar-refractivity contribution in [3.8, 4) is 0 Å². The lowest BCUT2D eigenvalue weighted by Crippen LogP contribution is -2.25. The summed E-state index contributed by atoms with van der Waals surface area (Å²) in [6, 6.07) is 7.59. The van der Waals surface area contributed by atoms with Crippen molar-refractivity contribution in [2.75, 3.05) is 13.2 Å². The van der Waals surface area contributed by atoms with E-state index in [-0.39, 0.29) is 30.6 Å². The Kier molecular flexibility index (Phi) is 8.44. The van der Waals surface area contributed by atoms with Crippen LogP contribution in [0, 0.1) is 0 Å². The number of benzene rings is 1. The van der Waals surface area contributed by atoms with Gasteiger partial charge in [0.25, 0.3) is 0 Å². The molecule has 0 heterocycles. The Morgan fingerprint density at radius 1 is 1.14 bits per heavy atom. The van der Waals surface area contributed by atoms with Crippen molar-refractivity contribution in [1.82, 2.24) is 5.32 Å². The van der Waals surface area contributed by atoms with Gasteiger partial charge < -0.3 is 10.1 Å². The maximum absolute atomic E-state index is 12.0. The average molecular weight is 305 g/mol. The summed E-state index contributed by atoms with van der Waals surface area (Å²) in [4.78, 5) is 23.7. The maximum Gasteiger partial charge on any atom is 0.220 e. The van der Waals surface area contributed by atoms with E-state index in [1.807, 2.05) is 38.1 Å². The van der Waals surface area contributed by atoms with Gasteiger partial charge in [0.05, 0.1) is 6.10 Å². The predicted octanol–water partition coefficient (Wildman–Crippen LogP) is 3.14. The lowest BCUT2D eigenvalue weighted by atomic mass is 10.0. The second kappa shape index (κ2) is 10.1. The molecule has 4 nitrogen and oxygen atoms in total. The molecule has 0 aliphatic heterocycles. The number of carbonyl (C=O) groups is 2. The first-order valence-electron chi connectivity index (χ1n) is 8.03. The number of hydrogen-bond acceptors (Lipinski definition) is 3. The monoisotopic (exact) mass is 305 g/mol. The average Bonchev–Trinajstić information content (AvgIpc) is 2.52. The van der Waals surface area contributed by atoms with Crippen LogP contribution >= 0.6 is 0 Å². The second-order valence-electron chi connectivity index (χ2n) is 5.60. The van der Waals surface area contributed by atoms with Crippen LogP contribution in [0.5, 0.6) is 0 Å². The minimum atomic E-state index is -0.0805. The molecule has 1 amide bonds. The third-order valence-electron chi connectivity index (χ3n) is 3.36. The number of Topliss-reactive ketones (excluding diaryl/α,β-unsaturated/α-hetero) is 1. The Morgan fingerprint density at radius 3 is 2.41 bits per heavy atom. The molecule has 0 spiro atoms. The zero-order chi connectivity index (χ0) is 16.4. The van der Waals surface area contributed by atoms with Gasteiger partial charge in [0.2, 0.25) is 5.91 Å².